The Labute approximate surface area is 175 Å². The van der Waals surface area contributed by atoms with Gasteiger partial charge in [-0.3, -0.25) is 0 Å². The molecule has 168 valence electrons. The van der Waals surface area contributed by atoms with E-state index in [1.807, 2.05) is 0 Å². The fraction of sp³-hybridized carbons (Fsp3) is 0.350. The van der Waals surface area contributed by atoms with E-state index in [9.17, 15) is 40.5 Å². The average molecular weight is 438 g/mol. The van der Waals surface area contributed by atoms with Gasteiger partial charge in [-0.1, -0.05) is 6.07 Å². The molecule has 1 saturated heterocycles. The van der Waals surface area contributed by atoms with Crippen LogP contribution in [0, 0.1) is 0 Å². The molecular formula is C20H22O11. The molecule has 3 rings (SSSR count). The molecule has 11 nitrogen and oxygen atoms in total. The van der Waals surface area contributed by atoms with Crippen molar-refractivity contribution in [2.45, 2.75) is 37.3 Å². The highest BCUT2D eigenvalue weighted by Crippen LogP contribution is 2.32. The number of aromatic hydroxyl groups is 3. The van der Waals surface area contributed by atoms with Gasteiger partial charge in [0.15, 0.2) is 23.0 Å². The van der Waals surface area contributed by atoms with Crippen molar-refractivity contribution in [1.29, 1.82) is 0 Å². The number of phenols is 3. The zero-order chi connectivity index (χ0) is 22.7. The van der Waals surface area contributed by atoms with Crippen molar-refractivity contribution in [2.24, 2.45) is 0 Å². The van der Waals surface area contributed by atoms with Crippen LogP contribution in [0.2, 0.25) is 0 Å². The second-order valence-corrected chi connectivity index (χ2v) is 6.90. The summed E-state index contributed by atoms with van der Waals surface area (Å²) in [5.74, 6) is -2.17. The number of benzene rings is 2. The van der Waals surface area contributed by atoms with Crippen LogP contribution < -0.4 is 4.74 Å². The first-order chi connectivity index (χ1) is 14.7. The number of phenolic OH excluding ortho intramolecular Hbond substituents is 3. The number of ether oxygens (including phenoxy) is 3. The highest BCUT2D eigenvalue weighted by atomic mass is 16.7. The van der Waals surface area contributed by atoms with Gasteiger partial charge in [-0.05, 0) is 35.9 Å². The number of rotatable bonds is 6. The van der Waals surface area contributed by atoms with Crippen LogP contribution in [0.25, 0.3) is 0 Å². The molecular weight excluding hydrogens is 416 g/mol. The van der Waals surface area contributed by atoms with Crippen molar-refractivity contribution in [3.05, 3.63) is 47.5 Å². The molecule has 1 fully saturated rings. The molecule has 0 spiro atoms. The van der Waals surface area contributed by atoms with Gasteiger partial charge < -0.3 is 50.0 Å². The summed E-state index contributed by atoms with van der Waals surface area (Å²) in [6.45, 7) is -0.869. The maximum absolute atomic E-state index is 12.3. The first-order valence-corrected chi connectivity index (χ1v) is 9.19. The lowest BCUT2D eigenvalue weighted by molar-refractivity contribution is -0.277. The fourth-order valence-corrected chi connectivity index (χ4v) is 2.92. The quantitative estimate of drug-likeness (QED) is 0.224. The van der Waals surface area contributed by atoms with E-state index < -0.39 is 49.0 Å². The van der Waals surface area contributed by atoms with Gasteiger partial charge in [-0.2, -0.15) is 0 Å². The zero-order valence-corrected chi connectivity index (χ0v) is 16.0. The number of aliphatic hydroxyl groups is 4. The molecule has 0 saturated carbocycles. The third kappa shape index (κ3) is 4.98. The molecule has 11 heteroatoms. The standard InChI is InChI=1S/C20H22O11/c21-7-15-16(25)17(26)18(27)20(31-15)30-14-6-10(2-4-12(14)23)19(28)29-8-9-1-3-11(22)13(24)5-9/h1-6,15-18,20-27H,7-8H2. The predicted octanol–water partition coefficient (Wildman–Crippen LogP) is -0.661. The Kier molecular flexibility index (Phi) is 6.83. The Balaban J connectivity index is 1.70. The number of hydrogen-bond donors (Lipinski definition) is 7. The Morgan fingerprint density at radius 2 is 1.61 bits per heavy atom. The molecule has 2 aromatic carbocycles. The Bertz CT molecular complexity index is 929. The molecule has 5 atom stereocenters. The van der Waals surface area contributed by atoms with Crippen LogP contribution >= 0.6 is 0 Å². The number of carbonyl (C=O) groups is 1. The van der Waals surface area contributed by atoms with E-state index in [4.69, 9.17) is 14.2 Å². The largest absolute Gasteiger partial charge is 0.504 e. The van der Waals surface area contributed by atoms with Crippen LogP contribution in [0.4, 0.5) is 0 Å². The highest BCUT2D eigenvalue weighted by Gasteiger charge is 2.45. The molecule has 0 radical (unpaired) electrons. The first-order valence-electron chi connectivity index (χ1n) is 9.19. The van der Waals surface area contributed by atoms with Crippen molar-refractivity contribution >= 4 is 5.97 Å². The topological polar surface area (TPSA) is 186 Å². The summed E-state index contributed by atoms with van der Waals surface area (Å²) in [5.41, 5.74) is 0.389. The van der Waals surface area contributed by atoms with Crippen molar-refractivity contribution in [1.82, 2.24) is 0 Å². The third-order valence-corrected chi connectivity index (χ3v) is 4.70. The van der Waals surface area contributed by atoms with Crippen LogP contribution in [0.15, 0.2) is 36.4 Å². The molecule has 31 heavy (non-hydrogen) atoms. The van der Waals surface area contributed by atoms with E-state index in [1.54, 1.807) is 0 Å². The van der Waals surface area contributed by atoms with E-state index in [0.717, 1.165) is 12.1 Å². The number of carbonyl (C=O) groups excluding carboxylic acids is 1. The number of aliphatic hydroxyl groups excluding tert-OH is 4. The minimum Gasteiger partial charge on any atom is -0.504 e. The highest BCUT2D eigenvalue weighted by molar-refractivity contribution is 5.90. The average Bonchev–Trinajstić information content (AvgIpc) is 2.76. The first kappa shape index (κ1) is 22.6. The van der Waals surface area contributed by atoms with Crippen molar-refractivity contribution in [3.63, 3.8) is 0 Å². The zero-order valence-electron chi connectivity index (χ0n) is 16.0. The van der Waals surface area contributed by atoms with Crippen LogP contribution in [-0.2, 0) is 16.1 Å². The van der Waals surface area contributed by atoms with Gasteiger partial charge in [0, 0.05) is 0 Å². The summed E-state index contributed by atoms with van der Waals surface area (Å²) in [5, 5.41) is 67.7. The lowest BCUT2D eigenvalue weighted by atomic mass is 9.99. The number of hydrogen-bond acceptors (Lipinski definition) is 11. The van der Waals surface area contributed by atoms with E-state index >= 15 is 0 Å². The van der Waals surface area contributed by atoms with Gasteiger partial charge in [0.25, 0.3) is 0 Å². The van der Waals surface area contributed by atoms with Crippen molar-refractivity contribution in [2.75, 3.05) is 6.61 Å². The summed E-state index contributed by atoms with van der Waals surface area (Å²) in [4.78, 5) is 12.3. The third-order valence-electron chi connectivity index (χ3n) is 4.70. The second kappa shape index (κ2) is 9.37. The van der Waals surface area contributed by atoms with Gasteiger partial charge in [0.2, 0.25) is 6.29 Å². The summed E-state index contributed by atoms with van der Waals surface area (Å²) in [7, 11) is 0. The molecule has 0 aromatic heterocycles. The minimum absolute atomic E-state index is 0.0274. The maximum atomic E-state index is 12.3. The summed E-state index contributed by atoms with van der Waals surface area (Å²) < 4.78 is 15.7. The molecule has 1 heterocycles. The Hall–Kier alpha value is -3.09. The van der Waals surface area contributed by atoms with Crippen LogP contribution in [0.5, 0.6) is 23.0 Å². The van der Waals surface area contributed by atoms with E-state index in [0.29, 0.717) is 5.56 Å². The summed E-state index contributed by atoms with van der Waals surface area (Å²) in [6.07, 6.45) is -7.70. The molecule has 1 aliphatic heterocycles. The molecule has 7 N–H and O–H groups in total. The van der Waals surface area contributed by atoms with Crippen molar-refractivity contribution in [3.8, 4) is 23.0 Å². The van der Waals surface area contributed by atoms with Gasteiger partial charge in [0.05, 0.1) is 12.2 Å². The maximum Gasteiger partial charge on any atom is 0.338 e. The molecule has 0 amide bonds. The van der Waals surface area contributed by atoms with E-state index in [2.05, 4.69) is 0 Å². The normalized spacial score (nSPS) is 25.7. The number of esters is 1. The van der Waals surface area contributed by atoms with E-state index in [-0.39, 0.29) is 29.4 Å². The monoisotopic (exact) mass is 438 g/mol. The van der Waals surface area contributed by atoms with Gasteiger partial charge >= 0.3 is 5.97 Å². The summed E-state index contributed by atoms with van der Waals surface area (Å²) >= 11 is 0. The van der Waals surface area contributed by atoms with Gasteiger partial charge in [0.1, 0.15) is 31.0 Å². The minimum atomic E-state index is -1.70. The van der Waals surface area contributed by atoms with Crippen LogP contribution in [0.3, 0.4) is 0 Å². The smallest absolute Gasteiger partial charge is 0.338 e. The SMILES string of the molecule is O=C(OCc1ccc(O)c(O)c1)c1ccc(O)c(OC2OC(CO)C(O)C(O)C2O)c1. The Morgan fingerprint density at radius 3 is 2.29 bits per heavy atom. The van der Waals surface area contributed by atoms with Crippen LogP contribution in [-0.4, -0.2) is 79.0 Å². The lowest BCUT2D eigenvalue weighted by Gasteiger charge is -2.39. The molecule has 0 aliphatic carbocycles. The van der Waals surface area contributed by atoms with E-state index in [1.165, 1.54) is 24.3 Å². The summed E-state index contributed by atoms with van der Waals surface area (Å²) in [6, 6.07) is 7.44. The van der Waals surface area contributed by atoms with Gasteiger partial charge in [-0.25, -0.2) is 4.79 Å². The van der Waals surface area contributed by atoms with Crippen LogP contribution in [0.1, 0.15) is 15.9 Å². The lowest BCUT2D eigenvalue weighted by Crippen LogP contribution is -2.60. The molecule has 5 unspecified atom stereocenters. The molecule has 0 bridgehead atoms. The Morgan fingerprint density at radius 1 is 0.903 bits per heavy atom. The predicted molar refractivity (Wildman–Crippen MR) is 101 cm³/mol. The second-order valence-electron chi connectivity index (χ2n) is 6.90. The van der Waals surface area contributed by atoms with Gasteiger partial charge in [-0.15, -0.1) is 0 Å². The molecule has 1 aliphatic rings. The fourth-order valence-electron chi connectivity index (χ4n) is 2.92. The van der Waals surface area contributed by atoms with Crippen molar-refractivity contribution < 1.29 is 54.8 Å². The molecule has 2 aromatic rings.